The van der Waals surface area contributed by atoms with Gasteiger partial charge in [0.1, 0.15) is 6.54 Å². The predicted molar refractivity (Wildman–Crippen MR) is 198 cm³/mol. The number of pyridine rings is 1. The molecular formula is C41H39N3O3S. The Morgan fingerprint density at radius 1 is 0.771 bits per heavy atom. The van der Waals surface area contributed by atoms with Crippen molar-refractivity contribution in [2.24, 2.45) is 0 Å². The maximum atomic E-state index is 11.3. The van der Waals surface area contributed by atoms with Gasteiger partial charge in [0.2, 0.25) is 5.69 Å². The van der Waals surface area contributed by atoms with Crippen LogP contribution in [0.4, 0.5) is 5.69 Å². The molecular weight excluding hydrogens is 615 g/mol. The molecule has 6 aromatic rings. The van der Waals surface area contributed by atoms with Crippen LogP contribution in [0.3, 0.4) is 0 Å². The van der Waals surface area contributed by atoms with Crippen LogP contribution in [0.15, 0.2) is 103 Å². The molecule has 0 amide bonds. The molecule has 6 nitrogen and oxygen atoms in total. The van der Waals surface area contributed by atoms with Gasteiger partial charge < -0.3 is 9.12 Å². The lowest BCUT2D eigenvalue weighted by Gasteiger charge is -2.17. The van der Waals surface area contributed by atoms with Gasteiger partial charge in [-0.15, -0.1) is 0 Å². The molecule has 3 heterocycles. The number of allylic oxidation sites excluding steroid dienone is 1. The van der Waals surface area contributed by atoms with Crippen molar-refractivity contribution in [3.8, 4) is 0 Å². The summed E-state index contributed by atoms with van der Waals surface area (Å²) in [7, 11) is -4.24. The summed E-state index contributed by atoms with van der Waals surface area (Å²) in [5.74, 6) is -0.341. The van der Waals surface area contributed by atoms with Gasteiger partial charge in [0.05, 0.1) is 15.5 Å². The van der Waals surface area contributed by atoms with Crippen LogP contribution in [0.5, 0.6) is 0 Å². The molecule has 0 saturated heterocycles. The van der Waals surface area contributed by atoms with Crippen molar-refractivity contribution >= 4 is 72.3 Å². The van der Waals surface area contributed by atoms with Crippen molar-refractivity contribution in [2.45, 2.75) is 45.6 Å². The summed E-state index contributed by atoms with van der Waals surface area (Å²) in [6.07, 6.45) is 13.2. The molecule has 4 aromatic carbocycles. The molecule has 0 fully saturated rings. The highest BCUT2D eigenvalue weighted by Crippen LogP contribution is 2.44. The number of aryl methyl sites for hydroxylation is 1. The Bertz CT molecular complexity index is 2380. The van der Waals surface area contributed by atoms with E-state index in [1.807, 2.05) is 12.1 Å². The summed E-state index contributed by atoms with van der Waals surface area (Å²) in [5.41, 5.74) is 9.05. The second-order valence-corrected chi connectivity index (χ2v) is 14.6. The highest BCUT2D eigenvalue weighted by Gasteiger charge is 2.45. The first-order chi connectivity index (χ1) is 23.1. The van der Waals surface area contributed by atoms with E-state index >= 15 is 0 Å². The number of nitrogens with zero attached hydrogens (tertiary/aromatic N) is 3. The van der Waals surface area contributed by atoms with Crippen LogP contribution in [0.1, 0.15) is 55.9 Å². The predicted octanol–water partition coefficient (Wildman–Crippen LogP) is 8.95. The molecule has 0 unspecified atom stereocenters. The van der Waals surface area contributed by atoms with E-state index in [-0.39, 0.29) is 11.2 Å². The van der Waals surface area contributed by atoms with E-state index in [1.165, 1.54) is 38.1 Å². The maximum Gasteiger partial charge on any atom is 0.210 e. The van der Waals surface area contributed by atoms with Crippen LogP contribution in [-0.4, -0.2) is 45.1 Å². The molecule has 242 valence electrons. The lowest BCUT2D eigenvalue weighted by Crippen LogP contribution is -2.28. The highest BCUT2D eigenvalue weighted by atomic mass is 32.2. The molecule has 0 spiro atoms. The zero-order valence-corrected chi connectivity index (χ0v) is 28.4. The average Bonchev–Trinajstić information content (AvgIpc) is 3.51. The summed E-state index contributed by atoms with van der Waals surface area (Å²) in [5, 5.41) is 4.85. The molecule has 0 saturated carbocycles. The first-order valence-electron chi connectivity index (χ1n) is 16.6. The van der Waals surface area contributed by atoms with E-state index < -0.39 is 10.1 Å². The topological polar surface area (TPSA) is 78.0 Å². The second-order valence-electron chi connectivity index (χ2n) is 13.1. The van der Waals surface area contributed by atoms with Crippen LogP contribution >= 0.6 is 0 Å². The summed E-state index contributed by atoms with van der Waals surface area (Å²) in [6.45, 7) is 8.22. The fourth-order valence-corrected chi connectivity index (χ4v) is 7.91. The third kappa shape index (κ3) is 6.00. The Morgan fingerprint density at radius 3 is 2.08 bits per heavy atom. The van der Waals surface area contributed by atoms with Crippen molar-refractivity contribution in [3.05, 3.63) is 126 Å². The Morgan fingerprint density at radius 2 is 1.42 bits per heavy atom. The Hall–Kier alpha value is -4.85. The number of rotatable bonds is 10. The van der Waals surface area contributed by atoms with Gasteiger partial charge >= 0.3 is 0 Å². The number of hydrogen-bond donors (Lipinski definition) is 0. The van der Waals surface area contributed by atoms with Gasteiger partial charge in [-0.2, -0.15) is 4.58 Å². The van der Waals surface area contributed by atoms with Crippen molar-refractivity contribution in [1.82, 2.24) is 9.55 Å². The Labute approximate surface area is 282 Å². The molecule has 7 heteroatoms. The lowest BCUT2D eigenvalue weighted by atomic mass is 9.79. The lowest BCUT2D eigenvalue weighted by molar-refractivity contribution is -0.438. The number of aromatic nitrogens is 2. The monoisotopic (exact) mass is 653 g/mol. The smallest absolute Gasteiger partial charge is 0.210 e. The van der Waals surface area contributed by atoms with Crippen molar-refractivity contribution < 1.29 is 17.5 Å². The largest absolute Gasteiger partial charge is 0.748 e. The third-order valence-corrected chi connectivity index (χ3v) is 10.4. The van der Waals surface area contributed by atoms with E-state index in [1.54, 1.807) is 12.4 Å². The first-order valence-corrected chi connectivity index (χ1v) is 18.1. The van der Waals surface area contributed by atoms with Gasteiger partial charge in [-0.1, -0.05) is 48.6 Å². The average molecular weight is 654 g/mol. The van der Waals surface area contributed by atoms with Crippen LogP contribution < -0.4 is 0 Å². The quantitative estimate of drug-likeness (QED) is 0.0840. The van der Waals surface area contributed by atoms with E-state index in [4.69, 9.17) is 0 Å². The third-order valence-electron chi connectivity index (χ3n) is 9.62. The minimum absolute atomic E-state index is 0.296. The molecule has 1 aliphatic heterocycles. The standard InChI is InChI=1S/C41H39N3O3S/c1-4-43-36-17-13-30(12-11-29-21-23-42-24-22-29)27-34(36)35-28-31(14-18-37(35)43)15-20-39-41(2,3)40-33-10-6-5-9-32(33)16-19-38(40)44(39)25-7-8-26-48(45,46)47/h5-6,9-24,27-28H,4,7-8,25-26H2,1-3H3/b12-11+. The molecule has 0 N–H and O–H groups in total. The number of fused-ring (bicyclic) bond motifs is 6. The zero-order chi connectivity index (χ0) is 33.5. The summed E-state index contributed by atoms with van der Waals surface area (Å²) in [4.78, 5) is 4.12. The highest BCUT2D eigenvalue weighted by molar-refractivity contribution is 7.85. The van der Waals surface area contributed by atoms with Gasteiger partial charge in [0.25, 0.3) is 0 Å². The molecule has 1 aliphatic rings. The minimum atomic E-state index is -4.24. The zero-order valence-electron chi connectivity index (χ0n) is 27.6. The van der Waals surface area contributed by atoms with Crippen molar-refractivity contribution in [3.63, 3.8) is 0 Å². The second kappa shape index (κ2) is 12.6. The maximum absolute atomic E-state index is 11.3. The van der Waals surface area contributed by atoms with Crippen LogP contribution in [0.2, 0.25) is 0 Å². The van der Waals surface area contributed by atoms with E-state index in [9.17, 15) is 13.0 Å². The fourth-order valence-electron chi connectivity index (χ4n) is 7.35. The number of hydrogen-bond acceptors (Lipinski definition) is 4. The number of unbranched alkanes of at least 4 members (excludes halogenated alkanes) is 1. The van der Waals surface area contributed by atoms with Crippen molar-refractivity contribution in [1.29, 1.82) is 0 Å². The van der Waals surface area contributed by atoms with Gasteiger partial charge in [0, 0.05) is 70.6 Å². The van der Waals surface area contributed by atoms with Crippen LogP contribution in [0.25, 0.3) is 50.8 Å². The van der Waals surface area contributed by atoms with Gasteiger partial charge in [0.15, 0.2) is 5.71 Å². The summed E-state index contributed by atoms with van der Waals surface area (Å²) < 4.78 is 38.6. The first kappa shape index (κ1) is 31.7. The van der Waals surface area contributed by atoms with Gasteiger partial charge in [-0.25, -0.2) is 8.42 Å². The van der Waals surface area contributed by atoms with E-state index in [0.29, 0.717) is 19.4 Å². The molecule has 0 radical (unpaired) electrons. The summed E-state index contributed by atoms with van der Waals surface area (Å²) >= 11 is 0. The Kier molecular flexibility index (Phi) is 8.36. The van der Waals surface area contributed by atoms with E-state index in [2.05, 4.69) is 132 Å². The van der Waals surface area contributed by atoms with Crippen molar-refractivity contribution in [2.75, 3.05) is 12.3 Å². The van der Waals surface area contributed by atoms with Crippen LogP contribution in [0, 0.1) is 0 Å². The summed E-state index contributed by atoms with van der Waals surface area (Å²) in [6, 6.07) is 30.2. The molecule has 7 rings (SSSR count). The SMILES string of the molecule is CCn1c2ccc(/C=C/C3=[N+](CCCCS(=O)(=O)[O-])c4ccc5ccccc5c4C3(C)C)cc2c2cc(/C=C/c3ccncc3)ccc21. The normalized spacial score (nSPS) is 14.8. The molecule has 48 heavy (non-hydrogen) atoms. The molecule has 2 aromatic heterocycles. The molecule has 0 aliphatic carbocycles. The molecule has 0 bridgehead atoms. The van der Waals surface area contributed by atoms with Crippen LogP contribution in [-0.2, 0) is 22.1 Å². The minimum Gasteiger partial charge on any atom is -0.748 e. The fraction of sp³-hybridized carbons (Fsp3) is 0.220. The van der Waals surface area contributed by atoms with E-state index in [0.717, 1.165) is 34.6 Å². The number of benzene rings is 4. The van der Waals surface area contributed by atoms with Gasteiger partial charge in [-0.05, 0) is 103 Å². The van der Waals surface area contributed by atoms with Gasteiger partial charge in [-0.3, -0.25) is 4.98 Å². The molecule has 0 atom stereocenters. The Balaban J connectivity index is 1.28.